The molecule has 1 N–H and O–H groups in total. The average molecular weight is 309 g/mol. The number of hydrogen-bond acceptors (Lipinski definition) is 2. The molecule has 17 heavy (non-hydrogen) atoms. The van der Waals surface area contributed by atoms with Gasteiger partial charge in [0.05, 0.1) is 0 Å². The van der Waals surface area contributed by atoms with Crippen LogP contribution >= 0.6 is 27.7 Å². The highest BCUT2D eigenvalue weighted by Crippen LogP contribution is 2.29. The van der Waals surface area contributed by atoms with E-state index in [0.717, 1.165) is 15.6 Å². The molecule has 0 bridgehead atoms. The number of benzene rings is 2. The topological polar surface area (TPSA) is 20.2 Å². The minimum Gasteiger partial charge on any atom is -0.384 e. The minimum absolute atomic E-state index is 0.582. The Balaban J connectivity index is 2.30. The summed E-state index contributed by atoms with van der Waals surface area (Å²) in [4.78, 5) is 1.20. The highest BCUT2D eigenvalue weighted by Gasteiger charge is 2.12. The van der Waals surface area contributed by atoms with Crippen LogP contribution in [0.3, 0.4) is 0 Å². The van der Waals surface area contributed by atoms with Crippen molar-refractivity contribution in [3.8, 4) is 0 Å². The average Bonchev–Trinajstić information content (AvgIpc) is 2.39. The zero-order valence-corrected chi connectivity index (χ0v) is 11.8. The second kappa shape index (κ2) is 5.71. The number of hydrogen-bond donors (Lipinski definition) is 1. The Morgan fingerprint density at radius 3 is 2.29 bits per heavy atom. The Morgan fingerprint density at radius 1 is 1.06 bits per heavy atom. The smallest absolute Gasteiger partial charge is 0.105 e. The van der Waals surface area contributed by atoms with Crippen molar-refractivity contribution in [2.24, 2.45) is 0 Å². The summed E-state index contributed by atoms with van der Waals surface area (Å²) in [6, 6.07) is 15.7. The first-order valence-electron chi connectivity index (χ1n) is 5.29. The van der Waals surface area contributed by atoms with Gasteiger partial charge in [-0.05, 0) is 35.6 Å². The van der Waals surface area contributed by atoms with Crippen LogP contribution in [0.1, 0.15) is 17.2 Å². The van der Waals surface area contributed by atoms with Gasteiger partial charge in [0.15, 0.2) is 0 Å². The third-order valence-electron chi connectivity index (χ3n) is 2.63. The molecular weight excluding hydrogens is 296 g/mol. The van der Waals surface area contributed by atoms with Crippen LogP contribution in [-0.2, 0) is 0 Å². The quantitative estimate of drug-likeness (QED) is 0.855. The third kappa shape index (κ3) is 2.92. The van der Waals surface area contributed by atoms with Crippen LogP contribution in [0, 0.1) is 0 Å². The van der Waals surface area contributed by atoms with E-state index in [9.17, 15) is 5.11 Å². The van der Waals surface area contributed by atoms with Crippen LogP contribution in [0.15, 0.2) is 57.9 Å². The zero-order chi connectivity index (χ0) is 12.3. The summed E-state index contributed by atoms with van der Waals surface area (Å²) >= 11 is 5.16. The monoisotopic (exact) mass is 308 g/mol. The van der Waals surface area contributed by atoms with E-state index >= 15 is 0 Å². The van der Waals surface area contributed by atoms with E-state index < -0.39 is 6.10 Å². The van der Waals surface area contributed by atoms with Crippen LogP contribution in [-0.4, -0.2) is 11.4 Å². The fourth-order valence-electron chi connectivity index (χ4n) is 1.66. The molecule has 0 aliphatic rings. The fourth-order valence-corrected chi connectivity index (χ4v) is 2.57. The Labute approximate surface area is 114 Å². The van der Waals surface area contributed by atoms with Gasteiger partial charge in [-0.1, -0.05) is 46.3 Å². The van der Waals surface area contributed by atoms with Crippen LogP contribution in [0.25, 0.3) is 0 Å². The van der Waals surface area contributed by atoms with Crippen molar-refractivity contribution >= 4 is 27.7 Å². The maximum Gasteiger partial charge on any atom is 0.105 e. The van der Waals surface area contributed by atoms with Crippen LogP contribution < -0.4 is 0 Å². The van der Waals surface area contributed by atoms with E-state index in [-0.39, 0.29) is 0 Å². The molecule has 1 unspecified atom stereocenters. The molecule has 0 aliphatic carbocycles. The molecule has 0 heterocycles. The number of thioether (sulfide) groups is 1. The highest BCUT2D eigenvalue weighted by atomic mass is 79.9. The van der Waals surface area contributed by atoms with Gasteiger partial charge in [0.1, 0.15) is 6.10 Å². The summed E-state index contributed by atoms with van der Waals surface area (Å²) in [7, 11) is 0. The van der Waals surface area contributed by atoms with E-state index in [4.69, 9.17) is 0 Å². The summed E-state index contributed by atoms with van der Waals surface area (Å²) in [6.45, 7) is 0. The SMILES string of the molecule is CSc1ccc(C(O)c2ccccc2Br)cc1. The molecule has 2 rings (SSSR count). The first-order chi connectivity index (χ1) is 8.22. The second-order valence-electron chi connectivity index (χ2n) is 3.70. The standard InChI is InChI=1S/C14H13BrOS/c1-17-11-8-6-10(7-9-11)14(16)12-4-2-3-5-13(12)15/h2-9,14,16H,1H3. The first kappa shape index (κ1) is 12.7. The highest BCUT2D eigenvalue weighted by molar-refractivity contribution is 9.10. The molecule has 0 radical (unpaired) electrons. The lowest BCUT2D eigenvalue weighted by atomic mass is 10.0. The van der Waals surface area contributed by atoms with Gasteiger partial charge in [-0.2, -0.15) is 0 Å². The number of halogens is 1. The van der Waals surface area contributed by atoms with E-state index in [1.54, 1.807) is 11.8 Å². The summed E-state index contributed by atoms with van der Waals surface area (Å²) < 4.78 is 0.932. The van der Waals surface area contributed by atoms with E-state index in [0.29, 0.717) is 0 Å². The van der Waals surface area contributed by atoms with Crippen LogP contribution in [0.5, 0.6) is 0 Å². The Kier molecular flexibility index (Phi) is 4.26. The van der Waals surface area contributed by atoms with E-state index in [1.807, 2.05) is 54.8 Å². The van der Waals surface area contributed by atoms with Gasteiger partial charge in [-0.3, -0.25) is 0 Å². The molecule has 88 valence electrons. The summed E-state index contributed by atoms with van der Waals surface area (Å²) in [5, 5.41) is 10.3. The van der Waals surface area contributed by atoms with Gasteiger partial charge in [0.2, 0.25) is 0 Å². The summed E-state index contributed by atoms with van der Waals surface area (Å²) in [6.07, 6.45) is 1.46. The molecule has 2 aromatic rings. The Bertz CT molecular complexity index is 496. The summed E-state index contributed by atoms with van der Waals surface area (Å²) in [5.41, 5.74) is 1.80. The molecule has 0 aliphatic heterocycles. The lowest BCUT2D eigenvalue weighted by Gasteiger charge is -2.13. The molecule has 0 saturated heterocycles. The van der Waals surface area contributed by atoms with Crippen molar-refractivity contribution < 1.29 is 5.11 Å². The number of aliphatic hydroxyl groups excluding tert-OH is 1. The van der Waals surface area contributed by atoms with Crippen molar-refractivity contribution in [2.75, 3.05) is 6.26 Å². The molecular formula is C14H13BrOS. The molecule has 3 heteroatoms. The molecule has 2 aromatic carbocycles. The lowest BCUT2D eigenvalue weighted by molar-refractivity contribution is 0.219. The molecule has 0 aromatic heterocycles. The van der Waals surface area contributed by atoms with E-state index in [1.165, 1.54) is 4.90 Å². The maximum absolute atomic E-state index is 10.3. The largest absolute Gasteiger partial charge is 0.384 e. The zero-order valence-electron chi connectivity index (χ0n) is 9.43. The molecule has 0 spiro atoms. The molecule has 0 saturated carbocycles. The van der Waals surface area contributed by atoms with Crippen molar-refractivity contribution in [1.82, 2.24) is 0 Å². The van der Waals surface area contributed by atoms with Crippen molar-refractivity contribution in [1.29, 1.82) is 0 Å². The minimum atomic E-state index is -0.582. The van der Waals surface area contributed by atoms with Crippen molar-refractivity contribution in [3.05, 3.63) is 64.1 Å². The molecule has 1 nitrogen and oxygen atoms in total. The van der Waals surface area contributed by atoms with E-state index in [2.05, 4.69) is 15.9 Å². The van der Waals surface area contributed by atoms with Crippen molar-refractivity contribution in [3.63, 3.8) is 0 Å². The molecule has 0 fully saturated rings. The maximum atomic E-state index is 10.3. The predicted molar refractivity (Wildman–Crippen MR) is 76.4 cm³/mol. The van der Waals surface area contributed by atoms with Gasteiger partial charge in [0, 0.05) is 9.37 Å². The molecule has 1 atom stereocenters. The number of aliphatic hydroxyl groups is 1. The Hall–Kier alpha value is -0.770. The normalized spacial score (nSPS) is 12.4. The third-order valence-corrected chi connectivity index (χ3v) is 4.10. The number of rotatable bonds is 3. The first-order valence-corrected chi connectivity index (χ1v) is 7.30. The second-order valence-corrected chi connectivity index (χ2v) is 5.43. The summed E-state index contributed by atoms with van der Waals surface area (Å²) in [5.74, 6) is 0. The van der Waals surface area contributed by atoms with Gasteiger partial charge in [0.25, 0.3) is 0 Å². The Morgan fingerprint density at radius 2 is 1.71 bits per heavy atom. The molecule has 0 amide bonds. The fraction of sp³-hybridized carbons (Fsp3) is 0.143. The van der Waals surface area contributed by atoms with Crippen LogP contribution in [0.4, 0.5) is 0 Å². The van der Waals surface area contributed by atoms with Gasteiger partial charge in [-0.25, -0.2) is 0 Å². The predicted octanol–water partition coefficient (Wildman–Crippen LogP) is 4.25. The van der Waals surface area contributed by atoms with Crippen LogP contribution in [0.2, 0.25) is 0 Å². The van der Waals surface area contributed by atoms with Gasteiger partial charge >= 0.3 is 0 Å². The van der Waals surface area contributed by atoms with Gasteiger partial charge < -0.3 is 5.11 Å². The lowest BCUT2D eigenvalue weighted by Crippen LogP contribution is -2.00. The van der Waals surface area contributed by atoms with Gasteiger partial charge in [-0.15, -0.1) is 11.8 Å². The van der Waals surface area contributed by atoms with Crippen molar-refractivity contribution in [2.45, 2.75) is 11.0 Å².